The number of hydrogen-bond acceptors (Lipinski definition) is 2. The summed E-state index contributed by atoms with van der Waals surface area (Å²) in [7, 11) is 0. The lowest BCUT2D eigenvalue weighted by molar-refractivity contribution is 0.460. The molecule has 0 aliphatic carbocycles. The maximum Gasteiger partial charge on any atom is 0.171 e. The summed E-state index contributed by atoms with van der Waals surface area (Å²) >= 11 is 0. The minimum Gasteiger partial charge on any atom is -0.453 e. The minimum atomic E-state index is -0.769. The molecular formula is C26H20F3NO. The van der Waals surface area contributed by atoms with Gasteiger partial charge in [0.15, 0.2) is 11.6 Å². The van der Waals surface area contributed by atoms with E-state index in [1.807, 2.05) is 19.1 Å². The second kappa shape index (κ2) is 6.77. The zero-order valence-electron chi connectivity index (χ0n) is 17.3. The first-order valence-corrected chi connectivity index (χ1v) is 10.0. The molecule has 3 aromatic rings. The van der Waals surface area contributed by atoms with Gasteiger partial charge in [0.25, 0.3) is 0 Å². The number of benzene rings is 3. The Labute approximate surface area is 178 Å². The van der Waals surface area contributed by atoms with Gasteiger partial charge in [-0.05, 0) is 67.8 Å². The Balaban J connectivity index is 1.82. The van der Waals surface area contributed by atoms with Crippen molar-refractivity contribution in [1.82, 2.24) is 0 Å². The van der Waals surface area contributed by atoms with Crippen LogP contribution in [0, 0.1) is 17.5 Å². The van der Waals surface area contributed by atoms with E-state index in [1.165, 1.54) is 18.2 Å². The standard InChI is InChI=1S/C26H20F3NO/c1-14-13-26(2,3)30-21-9-8-18-19-11-17(28)12-20(29)25(19)31-22(24(18)23(14)21)10-15-4-6-16(27)7-5-15/h4-13,30H,1-3H3/b22-10-. The van der Waals surface area contributed by atoms with Gasteiger partial charge in [0, 0.05) is 28.4 Å². The Hall–Kier alpha value is -3.47. The van der Waals surface area contributed by atoms with E-state index in [1.54, 1.807) is 18.2 Å². The summed E-state index contributed by atoms with van der Waals surface area (Å²) in [5.74, 6) is -1.38. The molecule has 31 heavy (non-hydrogen) atoms. The molecule has 2 heterocycles. The second-order valence-electron chi connectivity index (χ2n) is 8.51. The van der Waals surface area contributed by atoms with Crippen LogP contribution < -0.4 is 10.1 Å². The van der Waals surface area contributed by atoms with Crippen molar-refractivity contribution in [1.29, 1.82) is 0 Å². The number of halogens is 3. The number of hydrogen-bond donors (Lipinski definition) is 1. The molecule has 0 bridgehead atoms. The fourth-order valence-electron chi connectivity index (χ4n) is 4.43. The van der Waals surface area contributed by atoms with Crippen molar-refractivity contribution in [3.05, 3.63) is 88.7 Å². The van der Waals surface area contributed by atoms with Crippen LogP contribution in [0.3, 0.4) is 0 Å². The van der Waals surface area contributed by atoms with E-state index >= 15 is 0 Å². The molecule has 2 aliphatic heterocycles. The summed E-state index contributed by atoms with van der Waals surface area (Å²) < 4.78 is 48.1. The summed E-state index contributed by atoms with van der Waals surface area (Å²) in [5, 5.41) is 3.50. The Kier molecular flexibility index (Phi) is 4.26. The van der Waals surface area contributed by atoms with E-state index in [-0.39, 0.29) is 17.1 Å². The molecule has 0 saturated carbocycles. The lowest BCUT2D eigenvalue weighted by Gasteiger charge is -2.35. The molecule has 0 saturated heterocycles. The van der Waals surface area contributed by atoms with Crippen LogP contribution in [0.2, 0.25) is 0 Å². The zero-order valence-corrected chi connectivity index (χ0v) is 17.3. The largest absolute Gasteiger partial charge is 0.453 e. The Morgan fingerprint density at radius 3 is 2.35 bits per heavy atom. The predicted octanol–water partition coefficient (Wildman–Crippen LogP) is 7.27. The highest BCUT2D eigenvalue weighted by molar-refractivity contribution is 6.00. The predicted molar refractivity (Wildman–Crippen MR) is 118 cm³/mol. The average molecular weight is 419 g/mol. The second-order valence-corrected chi connectivity index (χ2v) is 8.51. The van der Waals surface area contributed by atoms with Crippen molar-refractivity contribution >= 4 is 23.1 Å². The van der Waals surface area contributed by atoms with Crippen molar-refractivity contribution in [2.45, 2.75) is 26.3 Å². The van der Waals surface area contributed by atoms with E-state index in [0.29, 0.717) is 22.4 Å². The number of anilines is 1. The van der Waals surface area contributed by atoms with Crippen molar-refractivity contribution in [3.63, 3.8) is 0 Å². The summed E-state index contributed by atoms with van der Waals surface area (Å²) in [5.41, 5.74) is 5.12. The number of nitrogens with one attached hydrogen (secondary N) is 1. The van der Waals surface area contributed by atoms with Gasteiger partial charge in [-0.3, -0.25) is 0 Å². The number of fused-ring (bicyclic) bond motifs is 5. The lowest BCUT2D eigenvalue weighted by atomic mass is 9.83. The maximum absolute atomic E-state index is 14.6. The molecule has 0 spiro atoms. The van der Waals surface area contributed by atoms with E-state index < -0.39 is 11.6 Å². The molecule has 5 rings (SSSR count). The van der Waals surface area contributed by atoms with Gasteiger partial charge in [0.05, 0.1) is 5.54 Å². The van der Waals surface area contributed by atoms with Crippen LogP contribution in [0.1, 0.15) is 37.5 Å². The van der Waals surface area contributed by atoms with Crippen LogP contribution in [0.5, 0.6) is 5.75 Å². The number of ether oxygens (including phenoxy) is 1. The first-order valence-electron chi connectivity index (χ1n) is 10.0. The monoisotopic (exact) mass is 419 g/mol. The van der Waals surface area contributed by atoms with Gasteiger partial charge in [0.2, 0.25) is 0 Å². The molecule has 3 aromatic carbocycles. The number of rotatable bonds is 1. The van der Waals surface area contributed by atoms with Gasteiger partial charge >= 0.3 is 0 Å². The quantitative estimate of drug-likeness (QED) is 0.448. The lowest BCUT2D eigenvalue weighted by Crippen LogP contribution is -2.32. The molecular weight excluding hydrogens is 399 g/mol. The van der Waals surface area contributed by atoms with Crippen molar-refractivity contribution in [2.75, 3.05) is 5.32 Å². The topological polar surface area (TPSA) is 21.3 Å². The number of allylic oxidation sites excluding steroid dienone is 1. The molecule has 0 atom stereocenters. The minimum absolute atomic E-state index is 0.0204. The van der Waals surface area contributed by atoms with Crippen LogP contribution in [0.4, 0.5) is 18.9 Å². The fraction of sp³-hybridized carbons (Fsp3) is 0.154. The molecule has 5 heteroatoms. The first kappa shape index (κ1) is 19.5. The molecule has 0 fully saturated rings. The first-order chi connectivity index (χ1) is 14.7. The van der Waals surface area contributed by atoms with Gasteiger partial charge in [-0.1, -0.05) is 24.3 Å². The molecule has 0 radical (unpaired) electrons. The van der Waals surface area contributed by atoms with Crippen LogP contribution >= 0.6 is 0 Å². The van der Waals surface area contributed by atoms with E-state index in [9.17, 15) is 13.2 Å². The van der Waals surface area contributed by atoms with Crippen LogP contribution in [-0.4, -0.2) is 5.54 Å². The third kappa shape index (κ3) is 3.30. The normalized spacial score (nSPS) is 17.1. The van der Waals surface area contributed by atoms with Gasteiger partial charge in [-0.15, -0.1) is 0 Å². The highest BCUT2D eigenvalue weighted by Crippen LogP contribution is 2.50. The Morgan fingerprint density at radius 1 is 0.871 bits per heavy atom. The van der Waals surface area contributed by atoms with E-state index in [2.05, 4.69) is 25.2 Å². The smallest absolute Gasteiger partial charge is 0.171 e. The van der Waals surface area contributed by atoms with Gasteiger partial charge in [-0.2, -0.15) is 0 Å². The average Bonchev–Trinajstić information content (AvgIpc) is 2.69. The summed E-state index contributed by atoms with van der Waals surface area (Å²) in [4.78, 5) is 0. The summed E-state index contributed by atoms with van der Waals surface area (Å²) in [6, 6.07) is 11.9. The molecule has 0 unspecified atom stereocenters. The van der Waals surface area contributed by atoms with Gasteiger partial charge < -0.3 is 10.1 Å². The Morgan fingerprint density at radius 2 is 1.61 bits per heavy atom. The molecule has 2 nitrogen and oxygen atoms in total. The third-order valence-corrected chi connectivity index (χ3v) is 5.56. The van der Waals surface area contributed by atoms with Gasteiger partial charge in [0.1, 0.15) is 17.4 Å². The zero-order chi connectivity index (χ0) is 21.9. The molecule has 1 N–H and O–H groups in total. The van der Waals surface area contributed by atoms with Crippen LogP contribution in [-0.2, 0) is 0 Å². The molecule has 0 amide bonds. The van der Waals surface area contributed by atoms with Crippen molar-refractivity contribution in [3.8, 4) is 16.9 Å². The highest BCUT2D eigenvalue weighted by atomic mass is 19.1. The highest BCUT2D eigenvalue weighted by Gasteiger charge is 2.32. The SMILES string of the molecule is CC1=CC(C)(C)Nc2ccc3c(c21)/C(=C/c1ccc(F)cc1)Oc1c(F)cc(F)cc1-3. The molecule has 2 aliphatic rings. The van der Waals surface area contributed by atoms with Crippen molar-refractivity contribution < 1.29 is 17.9 Å². The summed E-state index contributed by atoms with van der Waals surface area (Å²) in [6.45, 7) is 6.16. The third-order valence-electron chi connectivity index (χ3n) is 5.56. The van der Waals surface area contributed by atoms with Gasteiger partial charge in [-0.25, -0.2) is 13.2 Å². The molecule has 0 aromatic heterocycles. The molecule has 156 valence electrons. The fourth-order valence-corrected chi connectivity index (χ4v) is 4.43. The van der Waals surface area contributed by atoms with Crippen molar-refractivity contribution in [2.24, 2.45) is 0 Å². The summed E-state index contributed by atoms with van der Waals surface area (Å²) in [6.07, 6.45) is 3.87. The Bertz CT molecular complexity index is 1290. The van der Waals surface area contributed by atoms with Crippen LogP contribution in [0.15, 0.2) is 54.6 Å². The van der Waals surface area contributed by atoms with E-state index in [0.717, 1.165) is 28.5 Å². The van der Waals surface area contributed by atoms with Crippen LogP contribution in [0.25, 0.3) is 28.5 Å². The van der Waals surface area contributed by atoms with E-state index in [4.69, 9.17) is 4.74 Å². The maximum atomic E-state index is 14.6.